The van der Waals surface area contributed by atoms with E-state index in [1.165, 1.54) is 6.92 Å². The lowest BCUT2D eigenvalue weighted by atomic mass is 9.46. The van der Waals surface area contributed by atoms with Crippen LogP contribution in [0, 0.1) is 22.7 Å². The molecule has 1 aromatic heterocycles. The van der Waals surface area contributed by atoms with Crippen molar-refractivity contribution in [2.24, 2.45) is 22.7 Å². The van der Waals surface area contributed by atoms with Gasteiger partial charge in [0.25, 0.3) is 0 Å². The molecule has 0 bridgehead atoms. The van der Waals surface area contributed by atoms with E-state index in [9.17, 15) is 14.7 Å². The maximum absolute atomic E-state index is 12.4. The molecule has 1 aromatic rings. The summed E-state index contributed by atoms with van der Waals surface area (Å²) in [6.45, 7) is 6.00. The van der Waals surface area contributed by atoms with Crippen molar-refractivity contribution in [1.82, 2.24) is 0 Å². The minimum absolute atomic E-state index is 0.0311. The lowest BCUT2D eigenvalue weighted by Gasteiger charge is -2.58. The topological polar surface area (TPSA) is 86.0 Å². The molecular formula is C22H28O6. The number of carbonyl (C=O) groups excluding carboxylic acids is 2. The quantitative estimate of drug-likeness (QED) is 0.794. The van der Waals surface area contributed by atoms with Gasteiger partial charge in [0, 0.05) is 23.5 Å². The second-order valence-electron chi connectivity index (χ2n) is 8.90. The van der Waals surface area contributed by atoms with E-state index >= 15 is 0 Å². The van der Waals surface area contributed by atoms with Crippen LogP contribution < -0.4 is 0 Å². The molecule has 0 aromatic carbocycles. The van der Waals surface area contributed by atoms with Gasteiger partial charge >= 0.3 is 11.9 Å². The Hall–Kier alpha value is -2.08. The molecule has 6 atom stereocenters. The van der Waals surface area contributed by atoms with E-state index in [0.717, 1.165) is 24.0 Å². The highest BCUT2D eigenvalue weighted by Gasteiger charge is 2.64. The molecule has 2 fully saturated rings. The largest absolute Gasteiger partial charge is 0.472 e. The number of hydrogen-bond acceptors (Lipinski definition) is 6. The van der Waals surface area contributed by atoms with Crippen molar-refractivity contribution in [3.8, 4) is 0 Å². The number of furan rings is 1. The monoisotopic (exact) mass is 388 g/mol. The Balaban J connectivity index is 1.75. The number of ether oxygens (including phenoxy) is 2. The minimum Gasteiger partial charge on any atom is -0.472 e. The number of esters is 2. The Bertz CT molecular complexity index is 796. The third kappa shape index (κ3) is 2.81. The minimum atomic E-state index is -0.688. The van der Waals surface area contributed by atoms with Crippen LogP contribution in [0.1, 0.15) is 58.1 Å². The van der Waals surface area contributed by atoms with Crippen molar-refractivity contribution in [3.05, 3.63) is 35.8 Å². The van der Waals surface area contributed by atoms with Crippen molar-refractivity contribution < 1.29 is 28.6 Å². The average molecular weight is 388 g/mol. The maximum atomic E-state index is 12.4. The summed E-state index contributed by atoms with van der Waals surface area (Å²) in [5.41, 5.74) is 0.675. The fraction of sp³-hybridized carbons (Fsp3) is 0.636. The normalized spacial score (nSPS) is 38.1. The average Bonchev–Trinajstić information content (AvgIpc) is 3.28. The van der Waals surface area contributed by atoms with Crippen LogP contribution in [-0.4, -0.2) is 29.8 Å². The molecule has 1 spiro atoms. The Labute approximate surface area is 164 Å². The summed E-state index contributed by atoms with van der Waals surface area (Å²) in [5, 5.41) is 10.9. The Morgan fingerprint density at radius 3 is 2.93 bits per heavy atom. The number of aliphatic hydroxyl groups excluding tert-OH is 1. The van der Waals surface area contributed by atoms with Crippen molar-refractivity contribution >= 4 is 11.9 Å². The van der Waals surface area contributed by atoms with Gasteiger partial charge in [-0.1, -0.05) is 19.9 Å². The lowest BCUT2D eigenvalue weighted by molar-refractivity contribution is -0.175. The number of rotatable bonds is 4. The highest BCUT2D eigenvalue weighted by molar-refractivity contribution is 5.92. The van der Waals surface area contributed by atoms with Crippen molar-refractivity contribution in [3.63, 3.8) is 0 Å². The Morgan fingerprint density at radius 2 is 2.25 bits per heavy atom. The number of cyclic esters (lactones) is 1. The Morgan fingerprint density at radius 1 is 1.46 bits per heavy atom. The maximum Gasteiger partial charge on any atom is 0.334 e. The molecule has 1 N–H and O–H groups in total. The molecular weight excluding hydrogens is 360 g/mol. The van der Waals surface area contributed by atoms with E-state index in [0.29, 0.717) is 19.4 Å². The summed E-state index contributed by atoms with van der Waals surface area (Å²) < 4.78 is 16.4. The Kier molecular flexibility index (Phi) is 4.65. The highest BCUT2D eigenvalue weighted by Crippen LogP contribution is 2.64. The van der Waals surface area contributed by atoms with Crippen LogP contribution in [0.4, 0.5) is 0 Å². The zero-order valence-corrected chi connectivity index (χ0v) is 16.6. The smallest absolute Gasteiger partial charge is 0.334 e. The summed E-state index contributed by atoms with van der Waals surface area (Å²) in [7, 11) is 0. The molecule has 1 saturated carbocycles. The second-order valence-corrected chi connectivity index (χ2v) is 8.90. The molecule has 1 saturated heterocycles. The van der Waals surface area contributed by atoms with Gasteiger partial charge in [0.05, 0.1) is 18.6 Å². The van der Waals surface area contributed by atoms with Gasteiger partial charge in [0.1, 0.15) is 12.7 Å². The zero-order valence-electron chi connectivity index (χ0n) is 16.6. The van der Waals surface area contributed by atoms with Crippen LogP contribution in [-0.2, 0) is 19.1 Å². The van der Waals surface area contributed by atoms with E-state index in [4.69, 9.17) is 13.9 Å². The van der Waals surface area contributed by atoms with Crippen molar-refractivity contribution in [1.29, 1.82) is 0 Å². The molecule has 6 heteroatoms. The number of allylic oxidation sites excluding steroid dienone is 1. The molecule has 28 heavy (non-hydrogen) atoms. The van der Waals surface area contributed by atoms with Crippen LogP contribution in [0.2, 0.25) is 0 Å². The van der Waals surface area contributed by atoms with Crippen molar-refractivity contribution in [2.45, 2.75) is 58.7 Å². The van der Waals surface area contributed by atoms with Gasteiger partial charge < -0.3 is 19.0 Å². The first-order valence-electron chi connectivity index (χ1n) is 10.0. The third-order valence-electron chi connectivity index (χ3n) is 7.53. The summed E-state index contributed by atoms with van der Waals surface area (Å²) in [4.78, 5) is 24.2. The van der Waals surface area contributed by atoms with Gasteiger partial charge in [-0.15, -0.1) is 0 Å². The molecule has 1 aliphatic heterocycles. The molecule has 4 rings (SSSR count). The van der Waals surface area contributed by atoms with Gasteiger partial charge in [-0.3, -0.25) is 4.79 Å². The van der Waals surface area contributed by atoms with Gasteiger partial charge in [-0.05, 0) is 49.0 Å². The van der Waals surface area contributed by atoms with Gasteiger partial charge in [0.2, 0.25) is 0 Å². The van der Waals surface area contributed by atoms with E-state index < -0.39 is 11.5 Å². The van der Waals surface area contributed by atoms with E-state index in [-0.39, 0.29) is 35.3 Å². The van der Waals surface area contributed by atoms with Crippen LogP contribution in [0.5, 0.6) is 0 Å². The molecule has 2 aliphatic carbocycles. The lowest BCUT2D eigenvalue weighted by Crippen LogP contribution is -2.57. The fourth-order valence-corrected chi connectivity index (χ4v) is 6.03. The SMILES string of the molecule is CC(=O)OC1CC23COC(=O)C2=CCCC3C(C)(CC(O)c2ccoc2)C1C. The standard InChI is InChI=1S/C22H28O6/c1-13-18(28-14(2)23)10-22-12-27-20(25)16(22)5-4-6-19(22)21(13,3)9-17(24)15-7-8-26-11-15/h5,7-8,11,13,17-19,24H,4,6,9-10,12H2,1-3H3. The molecule has 152 valence electrons. The van der Waals surface area contributed by atoms with Crippen LogP contribution in [0.3, 0.4) is 0 Å². The van der Waals surface area contributed by atoms with Gasteiger partial charge in [0.15, 0.2) is 0 Å². The summed E-state index contributed by atoms with van der Waals surface area (Å²) in [5.74, 6) is -0.381. The van der Waals surface area contributed by atoms with E-state index in [1.807, 2.05) is 6.08 Å². The van der Waals surface area contributed by atoms with Crippen molar-refractivity contribution in [2.75, 3.05) is 6.61 Å². The van der Waals surface area contributed by atoms with Crippen LogP contribution >= 0.6 is 0 Å². The highest BCUT2D eigenvalue weighted by atomic mass is 16.5. The summed E-state index contributed by atoms with van der Waals surface area (Å²) >= 11 is 0. The van der Waals surface area contributed by atoms with Gasteiger partial charge in [-0.2, -0.15) is 0 Å². The van der Waals surface area contributed by atoms with E-state index in [1.54, 1.807) is 18.6 Å². The number of aliphatic hydroxyl groups is 1. The predicted molar refractivity (Wildman–Crippen MR) is 99.9 cm³/mol. The van der Waals surface area contributed by atoms with Crippen LogP contribution in [0.25, 0.3) is 0 Å². The third-order valence-corrected chi connectivity index (χ3v) is 7.53. The molecule has 6 unspecified atom stereocenters. The molecule has 0 radical (unpaired) electrons. The predicted octanol–water partition coefficient (Wildman–Crippen LogP) is 3.56. The first-order chi connectivity index (χ1) is 13.3. The number of carbonyl (C=O) groups is 2. The van der Waals surface area contributed by atoms with E-state index in [2.05, 4.69) is 13.8 Å². The second kappa shape index (κ2) is 6.76. The molecule has 0 amide bonds. The zero-order chi connectivity index (χ0) is 20.1. The first kappa shape index (κ1) is 19.2. The first-order valence-corrected chi connectivity index (χ1v) is 10.0. The molecule has 3 aliphatic rings. The summed E-state index contributed by atoms with van der Waals surface area (Å²) in [6, 6.07) is 1.77. The van der Waals surface area contributed by atoms with Gasteiger partial charge in [-0.25, -0.2) is 4.79 Å². The number of hydrogen-bond donors (Lipinski definition) is 1. The molecule has 6 nitrogen and oxygen atoms in total. The van der Waals surface area contributed by atoms with Crippen LogP contribution in [0.15, 0.2) is 34.7 Å². The summed E-state index contributed by atoms with van der Waals surface area (Å²) in [6.07, 6.45) is 6.93. The molecule has 2 heterocycles. The fourth-order valence-electron chi connectivity index (χ4n) is 6.03.